The lowest BCUT2D eigenvalue weighted by Gasteiger charge is -2.06. The lowest BCUT2D eigenvalue weighted by atomic mass is 10.0. The predicted molar refractivity (Wildman–Crippen MR) is 110 cm³/mol. The first kappa shape index (κ1) is 18.7. The summed E-state index contributed by atoms with van der Waals surface area (Å²) in [6.07, 6.45) is 5.16. The molecule has 4 rings (SSSR count). The van der Waals surface area contributed by atoms with E-state index in [4.69, 9.17) is 4.42 Å². The largest absolute Gasteiger partial charge is 0.467 e. The van der Waals surface area contributed by atoms with Gasteiger partial charge in [-0.05, 0) is 49.2 Å². The number of hydrogen-bond donors (Lipinski definition) is 1. The van der Waals surface area contributed by atoms with E-state index in [0.29, 0.717) is 24.4 Å². The highest BCUT2D eigenvalue weighted by Gasteiger charge is 2.11. The van der Waals surface area contributed by atoms with E-state index in [1.54, 1.807) is 41.4 Å². The predicted octanol–water partition coefficient (Wildman–Crippen LogP) is 3.08. The van der Waals surface area contributed by atoms with Crippen molar-refractivity contribution in [1.29, 1.82) is 0 Å². The second-order valence-electron chi connectivity index (χ2n) is 7.06. The second kappa shape index (κ2) is 7.79. The Hall–Kier alpha value is -3.61. The van der Waals surface area contributed by atoms with E-state index >= 15 is 0 Å². The number of carbonyl (C=O) groups excluding carboxylic acids is 1. The van der Waals surface area contributed by atoms with Gasteiger partial charge in [-0.3, -0.25) is 9.59 Å². The van der Waals surface area contributed by atoms with Gasteiger partial charge in [0.25, 0.3) is 5.56 Å². The lowest BCUT2D eigenvalue weighted by molar-refractivity contribution is -0.121. The maximum atomic E-state index is 12.8. The van der Waals surface area contributed by atoms with Crippen molar-refractivity contribution in [3.05, 3.63) is 82.3 Å². The number of aromatic nitrogens is 3. The zero-order valence-electron chi connectivity index (χ0n) is 16.4. The smallest absolute Gasteiger partial charge is 0.276 e. The van der Waals surface area contributed by atoms with Gasteiger partial charge in [0.2, 0.25) is 5.91 Å². The van der Waals surface area contributed by atoms with Gasteiger partial charge in [0.05, 0.1) is 18.5 Å². The quantitative estimate of drug-likeness (QED) is 0.549. The summed E-state index contributed by atoms with van der Waals surface area (Å²) in [7, 11) is 0. The van der Waals surface area contributed by atoms with Crippen molar-refractivity contribution in [2.75, 3.05) is 0 Å². The molecule has 1 N–H and O–H groups in total. The fraction of sp³-hybridized carbons (Fsp3) is 0.227. The monoisotopic (exact) mass is 390 g/mol. The van der Waals surface area contributed by atoms with Crippen molar-refractivity contribution in [3.8, 4) is 11.3 Å². The highest BCUT2D eigenvalue weighted by Crippen LogP contribution is 2.21. The van der Waals surface area contributed by atoms with Crippen molar-refractivity contribution in [2.45, 2.75) is 33.4 Å². The zero-order valence-corrected chi connectivity index (χ0v) is 16.4. The Kier molecular flexibility index (Phi) is 5.03. The molecule has 0 aliphatic rings. The summed E-state index contributed by atoms with van der Waals surface area (Å²) in [5.74, 6) is 0.549. The molecule has 3 aromatic heterocycles. The Labute approximate surface area is 167 Å². The fourth-order valence-corrected chi connectivity index (χ4v) is 3.15. The van der Waals surface area contributed by atoms with E-state index in [9.17, 15) is 9.59 Å². The van der Waals surface area contributed by atoms with Gasteiger partial charge in [-0.15, -0.1) is 0 Å². The molecule has 0 fully saturated rings. The summed E-state index contributed by atoms with van der Waals surface area (Å²) < 4.78 is 8.31. The molecule has 1 aromatic carbocycles. The highest BCUT2D eigenvalue weighted by atomic mass is 16.3. The number of hydrogen-bond acceptors (Lipinski definition) is 4. The van der Waals surface area contributed by atoms with Crippen molar-refractivity contribution in [2.24, 2.45) is 0 Å². The second-order valence-corrected chi connectivity index (χ2v) is 7.06. The summed E-state index contributed by atoms with van der Waals surface area (Å²) in [5, 5.41) is 7.30. The van der Waals surface area contributed by atoms with Gasteiger partial charge in [0.1, 0.15) is 11.3 Å². The van der Waals surface area contributed by atoms with Crippen LogP contribution in [0.5, 0.6) is 0 Å². The number of benzene rings is 1. The standard InChI is InChI=1S/C22H22N4O3/c1-15-5-6-17(12-16(15)2)19-13-20-22(28)25(9-10-26(20)24-19)8-7-21(27)23-14-18-4-3-11-29-18/h3-6,9-13H,7-8,14H2,1-2H3,(H,23,27). The maximum absolute atomic E-state index is 12.8. The minimum absolute atomic E-state index is 0.141. The van der Waals surface area contributed by atoms with Gasteiger partial charge >= 0.3 is 0 Å². The molecule has 0 atom stereocenters. The third-order valence-electron chi connectivity index (χ3n) is 5.03. The molecule has 148 valence electrons. The summed E-state index contributed by atoms with van der Waals surface area (Å²) in [4.78, 5) is 24.9. The molecule has 0 aliphatic heterocycles. The van der Waals surface area contributed by atoms with Gasteiger partial charge in [-0.1, -0.05) is 12.1 Å². The Morgan fingerprint density at radius 1 is 1.14 bits per heavy atom. The lowest BCUT2D eigenvalue weighted by Crippen LogP contribution is -2.27. The van der Waals surface area contributed by atoms with Crippen LogP contribution in [-0.2, 0) is 17.9 Å². The van der Waals surface area contributed by atoms with E-state index in [1.807, 2.05) is 12.1 Å². The van der Waals surface area contributed by atoms with E-state index < -0.39 is 0 Å². The Morgan fingerprint density at radius 3 is 2.76 bits per heavy atom. The maximum Gasteiger partial charge on any atom is 0.276 e. The molecule has 0 radical (unpaired) electrons. The minimum atomic E-state index is -0.172. The van der Waals surface area contributed by atoms with Crippen LogP contribution in [0.1, 0.15) is 23.3 Å². The van der Waals surface area contributed by atoms with Crippen molar-refractivity contribution in [3.63, 3.8) is 0 Å². The van der Waals surface area contributed by atoms with Crippen LogP contribution in [0.25, 0.3) is 16.8 Å². The van der Waals surface area contributed by atoms with E-state index in [-0.39, 0.29) is 17.9 Å². The number of nitrogens with zero attached hydrogens (tertiary/aromatic N) is 3. The molecule has 0 bridgehead atoms. The van der Waals surface area contributed by atoms with Gasteiger partial charge < -0.3 is 14.3 Å². The zero-order chi connectivity index (χ0) is 20.4. The Balaban J connectivity index is 1.49. The van der Waals surface area contributed by atoms with Crippen LogP contribution >= 0.6 is 0 Å². The SMILES string of the molecule is Cc1ccc(-c2cc3c(=O)n(CCC(=O)NCc4ccco4)ccn3n2)cc1C. The topological polar surface area (TPSA) is 81.5 Å². The van der Waals surface area contributed by atoms with E-state index in [1.165, 1.54) is 15.7 Å². The summed E-state index contributed by atoms with van der Waals surface area (Å²) >= 11 is 0. The molecule has 3 heterocycles. The molecule has 0 saturated heterocycles. The summed E-state index contributed by atoms with van der Waals surface area (Å²) in [6, 6.07) is 11.5. The Bertz CT molecular complexity index is 1220. The van der Waals surface area contributed by atoms with Crippen LogP contribution in [0.4, 0.5) is 0 Å². The third-order valence-corrected chi connectivity index (χ3v) is 5.03. The van der Waals surface area contributed by atoms with Crippen LogP contribution in [0.15, 0.2) is 64.3 Å². The van der Waals surface area contributed by atoms with Gasteiger partial charge in [0.15, 0.2) is 0 Å². The molecule has 0 spiro atoms. The van der Waals surface area contributed by atoms with Crippen LogP contribution in [0.2, 0.25) is 0 Å². The van der Waals surface area contributed by atoms with Crippen LogP contribution in [-0.4, -0.2) is 20.1 Å². The normalized spacial score (nSPS) is 11.1. The van der Waals surface area contributed by atoms with Crippen molar-refractivity contribution >= 4 is 11.4 Å². The molecule has 0 unspecified atom stereocenters. The van der Waals surface area contributed by atoms with Gasteiger partial charge in [-0.25, -0.2) is 4.52 Å². The molecular formula is C22H22N4O3. The number of fused-ring (bicyclic) bond motifs is 1. The molecule has 7 nitrogen and oxygen atoms in total. The van der Waals surface area contributed by atoms with E-state index in [0.717, 1.165) is 11.3 Å². The third kappa shape index (κ3) is 3.99. The number of nitrogens with one attached hydrogen (secondary N) is 1. The summed E-state index contributed by atoms with van der Waals surface area (Å²) in [5.41, 5.74) is 4.42. The Morgan fingerprint density at radius 2 is 2.00 bits per heavy atom. The molecular weight excluding hydrogens is 368 g/mol. The number of furan rings is 1. The van der Waals surface area contributed by atoms with Crippen LogP contribution in [0.3, 0.4) is 0 Å². The summed E-state index contributed by atoms with van der Waals surface area (Å²) in [6.45, 7) is 4.75. The molecule has 29 heavy (non-hydrogen) atoms. The van der Waals surface area contributed by atoms with Gasteiger partial charge in [-0.2, -0.15) is 5.10 Å². The first-order chi connectivity index (χ1) is 14.0. The average molecular weight is 390 g/mol. The van der Waals surface area contributed by atoms with E-state index in [2.05, 4.69) is 30.3 Å². The van der Waals surface area contributed by atoms with Gasteiger partial charge in [0, 0.05) is 30.9 Å². The molecule has 7 heteroatoms. The number of aryl methyl sites for hydroxylation is 3. The minimum Gasteiger partial charge on any atom is -0.467 e. The molecule has 4 aromatic rings. The number of amides is 1. The van der Waals surface area contributed by atoms with Crippen molar-refractivity contribution < 1.29 is 9.21 Å². The number of carbonyl (C=O) groups is 1. The first-order valence-electron chi connectivity index (χ1n) is 9.47. The highest BCUT2D eigenvalue weighted by molar-refractivity contribution is 5.75. The van der Waals surface area contributed by atoms with Crippen LogP contribution < -0.4 is 10.9 Å². The molecule has 0 saturated carbocycles. The molecule has 0 aliphatic carbocycles. The first-order valence-corrected chi connectivity index (χ1v) is 9.47. The molecule has 1 amide bonds. The number of rotatable bonds is 6. The fourth-order valence-electron chi connectivity index (χ4n) is 3.15. The van der Waals surface area contributed by atoms with Crippen molar-refractivity contribution in [1.82, 2.24) is 19.5 Å². The van der Waals surface area contributed by atoms with Crippen LogP contribution in [0, 0.1) is 13.8 Å². The average Bonchev–Trinajstić information content (AvgIpc) is 3.38.